The standard InChI is InChI=1S/C18H23N5O2/c1-11-6-13(7-11)18(25)23-5-3-12(9-23)8-20-17(24)15-14-2-4-19-16(14)22-10-21-15/h2,4,10-13H,3,5-9H2,1H3,(H,20,24)(H,19,21,22)/t11?,12-,13?/m1/s1. The van der Waals surface area contributed by atoms with Crippen molar-refractivity contribution in [1.82, 2.24) is 25.2 Å². The first-order valence-corrected chi connectivity index (χ1v) is 8.97. The van der Waals surface area contributed by atoms with E-state index in [4.69, 9.17) is 0 Å². The number of aromatic amines is 1. The number of nitrogens with zero attached hydrogens (tertiary/aromatic N) is 3. The lowest BCUT2D eigenvalue weighted by molar-refractivity contribution is -0.138. The number of amides is 2. The number of carbonyl (C=O) groups is 2. The van der Waals surface area contributed by atoms with Crippen molar-refractivity contribution in [3.63, 3.8) is 0 Å². The van der Waals surface area contributed by atoms with E-state index >= 15 is 0 Å². The number of H-pyrrole nitrogens is 1. The fourth-order valence-corrected chi connectivity index (χ4v) is 3.94. The monoisotopic (exact) mass is 341 g/mol. The topological polar surface area (TPSA) is 91.0 Å². The number of rotatable bonds is 4. The van der Waals surface area contributed by atoms with Crippen LogP contribution in [0, 0.1) is 17.8 Å². The van der Waals surface area contributed by atoms with Crippen LogP contribution in [0.5, 0.6) is 0 Å². The van der Waals surface area contributed by atoms with Crippen LogP contribution in [0.15, 0.2) is 18.6 Å². The van der Waals surface area contributed by atoms with Gasteiger partial charge >= 0.3 is 0 Å². The average Bonchev–Trinajstić information content (AvgIpc) is 3.24. The lowest BCUT2D eigenvalue weighted by atomic mass is 9.75. The molecule has 2 aliphatic rings. The third-order valence-corrected chi connectivity index (χ3v) is 5.44. The molecule has 2 aromatic heterocycles. The summed E-state index contributed by atoms with van der Waals surface area (Å²) in [6, 6.07) is 1.81. The highest BCUT2D eigenvalue weighted by Crippen LogP contribution is 2.35. The summed E-state index contributed by atoms with van der Waals surface area (Å²) in [5.74, 6) is 1.34. The highest BCUT2D eigenvalue weighted by Gasteiger charge is 2.37. The highest BCUT2D eigenvalue weighted by molar-refractivity contribution is 6.03. The number of hydrogen-bond acceptors (Lipinski definition) is 4. The maximum Gasteiger partial charge on any atom is 0.270 e. The molecule has 7 nitrogen and oxygen atoms in total. The van der Waals surface area contributed by atoms with E-state index in [0.29, 0.717) is 35.6 Å². The molecule has 0 bridgehead atoms. The first-order valence-electron chi connectivity index (χ1n) is 8.97. The molecule has 1 aliphatic heterocycles. The Hall–Kier alpha value is -2.44. The molecule has 4 rings (SSSR count). The first kappa shape index (κ1) is 16.1. The van der Waals surface area contributed by atoms with Gasteiger partial charge in [0.2, 0.25) is 5.91 Å². The van der Waals surface area contributed by atoms with Crippen molar-refractivity contribution in [3.05, 3.63) is 24.3 Å². The van der Waals surface area contributed by atoms with E-state index in [-0.39, 0.29) is 11.8 Å². The molecule has 132 valence electrons. The minimum absolute atomic E-state index is 0.190. The molecule has 2 fully saturated rings. The Balaban J connectivity index is 1.31. The van der Waals surface area contributed by atoms with Gasteiger partial charge in [-0.3, -0.25) is 9.59 Å². The smallest absolute Gasteiger partial charge is 0.270 e. The quantitative estimate of drug-likeness (QED) is 0.883. The molecule has 2 N–H and O–H groups in total. The molecule has 0 radical (unpaired) electrons. The molecule has 2 aromatic rings. The lowest BCUT2D eigenvalue weighted by Crippen LogP contribution is -2.40. The van der Waals surface area contributed by atoms with E-state index in [2.05, 4.69) is 27.2 Å². The molecule has 1 saturated carbocycles. The summed E-state index contributed by atoms with van der Waals surface area (Å²) in [4.78, 5) is 38.0. The van der Waals surface area contributed by atoms with Crippen molar-refractivity contribution in [1.29, 1.82) is 0 Å². The van der Waals surface area contributed by atoms with Crippen LogP contribution in [-0.4, -0.2) is 51.3 Å². The van der Waals surface area contributed by atoms with Crippen LogP contribution >= 0.6 is 0 Å². The second-order valence-corrected chi connectivity index (χ2v) is 7.38. The minimum atomic E-state index is -0.190. The molecule has 1 saturated heterocycles. The van der Waals surface area contributed by atoms with Crippen molar-refractivity contribution in [2.45, 2.75) is 26.2 Å². The van der Waals surface area contributed by atoms with Crippen LogP contribution in [-0.2, 0) is 4.79 Å². The van der Waals surface area contributed by atoms with E-state index in [1.54, 1.807) is 12.3 Å². The molecule has 0 aromatic carbocycles. The molecule has 0 unspecified atom stereocenters. The van der Waals surface area contributed by atoms with Gasteiger partial charge in [0.05, 0.1) is 5.39 Å². The lowest BCUT2D eigenvalue weighted by Gasteiger charge is -2.34. The van der Waals surface area contributed by atoms with E-state index in [9.17, 15) is 9.59 Å². The van der Waals surface area contributed by atoms with Gasteiger partial charge in [-0.1, -0.05) is 6.92 Å². The van der Waals surface area contributed by atoms with Gasteiger partial charge in [-0.2, -0.15) is 0 Å². The zero-order valence-corrected chi connectivity index (χ0v) is 14.4. The molecular weight excluding hydrogens is 318 g/mol. The molecule has 7 heteroatoms. The van der Waals surface area contributed by atoms with Crippen molar-refractivity contribution in [2.75, 3.05) is 19.6 Å². The second-order valence-electron chi connectivity index (χ2n) is 7.38. The predicted octanol–water partition coefficient (Wildman–Crippen LogP) is 1.58. The van der Waals surface area contributed by atoms with E-state index < -0.39 is 0 Å². The fourth-order valence-electron chi connectivity index (χ4n) is 3.94. The third-order valence-electron chi connectivity index (χ3n) is 5.44. The zero-order valence-electron chi connectivity index (χ0n) is 14.4. The summed E-state index contributed by atoms with van der Waals surface area (Å²) < 4.78 is 0. The number of hydrogen-bond donors (Lipinski definition) is 2. The van der Waals surface area contributed by atoms with Gasteiger partial charge in [0.25, 0.3) is 5.91 Å². The van der Waals surface area contributed by atoms with E-state index in [1.807, 2.05) is 4.90 Å². The summed E-state index contributed by atoms with van der Waals surface area (Å²) in [6.07, 6.45) is 6.13. The number of aromatic nitrogens is 3. The molecule has 2 amide bonds. The Morgan fingerprint density at radius 3 is 3.00 bits per heavy atom. The second kappa shape index (κ2) is 6.46. The van der Waals surface area contributed by atoms with Crippen LogP contribution in [0.4, 0.5) is 0 Å². The summed E-state index contributed by atoms with van der Waals surface area (Å²) in [5, 5.41) is 3.69. The average molecular weight is 341 g/mol. The molecule has 1 aliphatic carbocycles. The Labute approximate surface area is 146 Å². The van der Waals surface area contributed by atoms with Gasteiger partial charge in [-0.05, 0) is 37.2 Å². The number of fused-ring (bicyclic) bond motifs is 1. The van der Waals surface area contributed by atoms with Gasteiger partial charge in [-0.25, -0.2) is 9.97 Å². The first-order chi connectivity index (χ1) is 12.1. The number of nitrogens with one attached hydrogen (secondary N) is 2. The Morgan fingerprint density at radius 2 is 2.20 bits per heavy atom. The van der Waals surface area contributed by atoms with Crippen LogP contribution < -0.4 is 5.32 Å². The normalized spacial score (nSPS) is 25.8. The summed E-state index contributed by atoms with van der Waals surface area (Å²) >= 11 is 0. The Morgan fingerprint density at radius 1 is 1.36 bits per heavy atom. The molecular formula is C18H23N5O2. The summed E-state index contributed by atoms with van der Waals surface area (Å²) in [6.45, 7) is 4.31. The van der Waals surface area contributed by atoms with Gasteiger partial charge in [0.1, 0.15) is 17.7 Å². The predicted molar refractivity (Wildman–Crippen MR) is 92.8 cm³/mol. The highest BCUT2D eigenvalue weighted by atomic mass is 16.2. The molecule has 3 heterocycles. The van der Waals surface area contributed by atoms with E-state index in [1.165, 1.54) is 6.33 Å². The van der Waals surface area contributed by atoms with Gasteiger partial charge in [0, 0.05) is 31.7 Å². The van der Waals surface area contributed by atoms with Crippen LogP contribution in [0.25, 0.3) is 11.0 Å². The maximum absolute atomic E-state index is 12.4. The van der Waals surface area contributed by atoms with Crippen molar-refractivity contribution >= 4 is 22.8 Å². The molecule has 25 heavy (non-hydrogen) atoms. The third kappa shape index (κ3) is 3.10. The SMILES string of the molecule is CC1CC(C(=O)N2CC[C@H](CNC(=O)c3ncnc4[nH]ccc34)C2)C1. The number of carbonyl (C=O) groups excluding carboxylic acids is 2. The Bertz CT molecular complexity index is 796. The zero-order chi connectivity index (χ0) is 17.4. The van der Waals surface area contributed by atoms with Crippen molar-refractivity contribution in [2.24, 2.45) is 17.8 Å². The van der Waals surface area contributed by atoms with Crippen LogP contribution in [0.2, 0.25) is 0 Å². The van der Waals surface area contributed by atoms with Crippen LogP contribution in [0.1, 0.15) is 36.7 Å². The van der Waals surface area contributed by atoms with Crippen LogP contribution in [0.3, 0.4) is 0 Å². The van der Waals surface area contributed by atoms with Gasteiger partial charge < -0.3 is 15.2 Å². The van der Waals surface area contributed by atoms with E-state index in [0.717, 1.165) is 37.7 Å². The van der Waals surface area contributed by atoms with Gasteiger partial charge in [0.15, 0.2) is 0 Å². The Kier molecular flexibility index (Phi) is 4.15. The van der Waals surface area contributed by atoms with Crippen molar-refractivity contribution < 1.29 is 9.59 Å². The van der Waals surface area contributed by atoms with Gasteiger partial charge in [-0.15, -0.1) is 0 Å². The maximum atomic E-state index is 12.4. The molecule has 1 atom stereocenters. The summed E-state index contributed by atoms with van der Waals surface area (Å²) in [5.41, 5.74) is 1.05. The summed E-state index contributed by atoms with van der Waals surface area (Å²) in [7, 11) is 0. The fraction of sp³-hybridized carbons (Fsp3) is 0.556. The number of likely N-dealkylation sites (tertiary alicyclic amines) is 1. The largest absolute Gasteiger partial charge is 0.350 e. The molecule has 0 spiro atoms. The minimum Gasteiger partial charge on any atom is -0.350 e. The van der Waals surface area contributed by atoms with Crippen molar-refractivity contribution in [3.8, 4) is 0 Å².